The number of halogens is 1. The van der Waals surface area contributed by atoms with Crippen molar-refractivity contribution in [2.24, 2.45) is 0 Å². The van der Waals surface area contributed by atoms with E-state index in [1.165, 1.54) is 17.3 Å². The molecule has 1 amide bonds. The number of thioether (sulfide) groups is 1. The lowest BCUT2D eigenvalue weighted by molar-refractivity contribution is -0.117. The number of aromatic nitrogens is 2. The smallest absolute Gasteiger partial charge is 0.277 e. The van der Waals surface area contributed by atoms with Crippen molar-refractivity contribution in [2.45, 2.75) is 23.8 Å². The number of fused-ring (bicyclic) bond motifs is 1. The number of hydrogen-bond donors (Lipinski definition) is 0. The predicted octanol–water partition coefficient (Wildman–Crippen LogP) is 4.46. The van der Waals surface area contributed by atoms with E-state index in [0.717, 1.165) is 17.7 Å². The summed E-state index contributed by atoms with van der Waals surface area (Å²) < 4.78 is 5.69. The third-order valence-electron chi connectivity index (χ3n) is 4.28. The molecular formula is C19H16ClN3O2S. The minimum atomic E-state index is -0.320. The molecule has 1 atom stereocenters. The molecule has 0 spiro atoms. The monoisotopic (exact) mass is 385 g/mol. The van der Waals surface area contributed by atoms with Crippen molar-refractivity contribution in [3.63, 3.8) is 0 Å². The Morgan fingerprint density at radius 2 is 1.96 bits per heavy atom. The second kappa shape index (κ2) is 7.13. The fourth-order valence-electron chi connectivity index (χ4n) is 2.95. The number of nitrogens with zero attached hydrogens (tertiary/aromatic N) is 3. The highest BCUT2D eigenvalue weighted by atomic mass is 35.5. The van der Waals surface area contributed by atoms with Crippen LogP contribution in [0.4, 0.5) is 5.69 Å². The van der Waals surface area contributed by atoms with E-state index in [9.17, 15) is 4.79 Å². The van der Waals surface area contributed by atoms with E-state index in [-0.39, 0.29) is 11.2 Å². The summed E-state index contributed by atoms with van der Waals surface area (Å²) >= 11 is 7.17. The van der Waals surface area contributed by atoms with Crippen molar-refractivity contribution in [1.29, 1.82) is 0 Å². The van der Waals surface area contributed by atoms with Crippen LogP contribution in [0.3, 0.4) is 0 Å². The Bertz CT molecular complexity index is 942. The first-order valence-corrected chi connectivity index (χ1v) is 9.53. The van der Waals surface area contributed by atoms with Gasteiger partial charge in [-0.1, -0.05) is 41.6 Å². The van der Waals surface area contributed by atoms with E-state index >= 15 is 0 Å². The Labute approximate surface area is 160 Å². The van der Waals surface area contributed by atoms with Gasteiger partial charge in [-0.2, -0.15) is 0 Å². The summed E-state index contributed by atoms with van der Waals surface area (Å²) in [5.41, 5.74) is 3.00. The molecule has 0 aliphatic carbocycles. The second-order valence-electron chi connectivity index (χ2n) is 6.01. The fourth-order valence-corrected chi connectivity index (χ4v) is 3.83. The fraction of sp³-hybridized carbons (Fsp3) is 0.211. The highest BCUT2D eigenvalue weighted by Crippen LogP contribution is 2.32. The first-order valence-electron chi connectivity index (χ1n) is 8.27. The molecule has 0 unspecified atom stereocenters. The molecule has 2 heterocycles. The molecule has 3 aromatic rings. The molecule has 26 heavy (non-hydrogen) atoms. The summed E-state index contributed by atoms with van der Waals surface area (Å²) in [4.78, 5) is 14.7. The maximum Gasteiger partial charge on any atom is 0.277 e. The Kier molecular flexibility index (Phi) is 4.70. The van der Waals surface area contributed by atoms with Crippen LogP contribution in [0.15, 0.2) is 58.2 Å². The Morgan fingerprint density at radius 3 is 2.77 bits per heavy atom. The lowest BCUT2D eigenvalue weighted by atomic mass is 10.2. The highest BCUT2D eigenvalue weighted by molar-refractivity contribution is 8.00. The summed E-state index contributed by atoms with van der Waals surface area (Å²) in [6.07, 6.45) is 0.889. The summed E-state index contributed by atoms with van der Waals surface area (Å²) in [7, 11) is 0. The Balaban J connectivity index is 1.46. The maximum atomic E-state index is 12.8. The third-order valence-corrected chi connectivity index (χ3v) is 5.45. The number of anilines is 1. The van der Waals surface area contributed by atoms with Crippen LogP contribution >= 0.6 is 23.4 Å². The molecule has 0 fully saturated rings. The summed E-state index contributed by atoms with van der Waals surface area (Å²) in [5, 5.41) is 8.81. The number of benzene rings is 2. The summed E-state index contributed by atoms with van der Waals surface area (Å²) in [6, 6.07) is 15.2. The average Bonchev–Trinajstić information content (AvgIpc) is 3.29. The first-order chi connectivity index (χ1) is 12.6. The minimum absolute atomic E-state index is 0.0474. The quantitative estimate of drug-likeness (QED) is 0.620. The zero-order valence-electron chi connectivity index (χ0n) is 14.1. The zero-order valence-corrected chi connectivity index (χ0v) is 15.6. The van der Waals surface area contributed by atoms with Crippen LogP contribution in [-0.2, 0) is 11.2 Å². The Morgan fingerprint density at radius 1 is 1.19 bits per heavy atom. The number of para-hydroxylation sites is 1. The van der Waals surface area contributed by atoms with Crippen LogP contribution in [0.25, 0.3) is 11.5 Å². The standard InChI is InChI=1S/C19H16ClN3O2S/c1-12(18(24)23-11-10-13-4-2-3-5-16(13)23)26-19-22-21-17(25-19)14-6-8-15(20)9-7-14/h2-9,12H,10-11H2,1H3/t12-/m1/s1. The molecule has 0 N–H and O–H groups in total. The van der Waals surface area contributed by atoms with Gasteiger partial charge < -0.3 is 9.32 Å². The number of hydrogen-bond acceptors (Lipinski definition) is 5. The molecule has 0 bridgehead atoms. The average molecular weight is 386 g/mol. The third kappa shape index (κ3) is 3.34. The van der Waals surface area contributed by atoms with E-state index < -0.39 is 0 Å². The Hall–Kier alpha value is -2.31. The van der Waals surface area contributed by atoms with Gasteiger partial charge in [0.1, 0.15) is 0 Å². The van der Waals surface area contributed by atoms with E-state index in [0.29, 0.717) is 22.7 Å². The van der Waals surface area contributed by atoms with Crippen LogP contribution in [0.2, 0.25) is 5.02 Å². The van der Waals surface area contributed by atoms with Crippen LogP contribution in [-0.4, -0.2) is 27.9 Å². The van der Waals surface area contributed by atoms with Crippen LogP contribution in [0, 0.1) is 0 Å². The van der Waals surface area contributed by atoms with Gasteiger partial charge in [0.05, 0.1) is 5.25 Å². The van der Waals surface area contributed by atoms with Crippen molar-refractivity contribution >= 4 is 35.0 Å². The number of amides is 1. The van der Waals surface area contributed by atoms with Crippen LogP contribution in [0.1, 0.15) is 12.5 Å². The molecule has 0 saturated carbocycles. The van der Waals surface area contributed by atoms with Crippen molar-refractivity contribution in [2.75, 3.05) is 11.4 Å². The van der Waals surface area contributed by atoms with Gasteiger partial charge in [-0.15, -0.1) is 10.2 Å². The second-order valence-corrected chi connectivity index (χ2v) is 7.74. The number of carbonyl (C=O) groups is 1. The van der Waals surface area contributed by atoms with Gasteiger partial charge in [-0.25, -0.2) is 0 Å². The topological polar surface area (TPSA) is 59.2 Å². The number of rotatable bonds is 4. The molecule has 5 nitrogen and oxygen atoms in total. The molecule has 1 aliphatic rings. The van der Waals surface area contributed by atoms with Crippen molar-refractivity contribution in [3.05, 3.63) is 59.1 Å². The van der Waals surface area contributed by atoms with Crippen molar-refractivity contribution in [1.82, 2.24) is 10.2 Å². The van der Waals surface area contributed by atoms with Gasteiger partial charge in [0.2, 0.25) is 11.8 Å². The largest absolute Gasteiger partial charge is 0.411 e. The molecule has 0 radical (unpaired) electrons. The molecule has 132 valence electrons. The van der Waals surface area contributed by atoms with E-state index in [4.69, 9.17) is 16.0 Å². The van der Waals surface area contributed by atoms with Gasteiger partial charge in [0.25, 0.3) is 5.22 Å². The van der Waals surface area contributed by atoms with Gasteiger partial charge in [-0.3, -0.25) is 4.79 Å². The SMILES string of the molecule is C[C@@H](Sc1nnc(-c2ccc(Cl)cc2)o1)C(=O)N1CCc2ccccc21. The van der Waals surface area contributed by atoms with Gasteiger partial charge in [0.15, 0.2) is 0 Å². The molecule has 2 aromatic carbocycles. The molecule has 1 aromatic heterocycles. The summed E-state index contributed by atoms with van der Waals surface area (Å²) in [6.45, 7) is 2.57. The van der Waals surface area contributed by atoms with Crippen LogP contribution < -0.4 is 4.90 Å². The van der Waals surface area contributed by atoms with E-state index in [1.807, 2.05) is 42.2 Å². The highest BCUT2D eigenvalue weighted by Gasteiger charge is 2.29. The minimum Gasteiger partial charge on any atom is -0.411 e. The van der Waals surface area contributed by atoms with Crippen LogP contribution in [0.5, 0.6) is 0 Å². The normalized spacial score (nSPS) is 14.3. The molecular weight excluding hydrogens is 370 g/mol. The van der Waals surface area contributed by atoms with E-state index in [1.54, 1.807) is 12.1 Å². The zero-order chi connectivity index (χ0) is 18.1. The van der Waals surface area contributed by atoms with Gasteiger partial charge in [-0.05, 0) is 49.2 Å². The molecule has 1 aliphatic heterocycles. The molecule has 4 rings (SSSR count). The molecule has 7 heteroatoms. The maximum absolute atomic E-state index is 12.8. The van der Waals surface area contributed by atoms with Gasteiger partial charge in [0, 0.05) is 22.8 Å². The lowest BCUT2D eigenvalue weighted by Crippen LogP contribution is -2.35. The van der Waals surface area contributed by atoms with Gasteiger partial charge >= 0.3 is 0 Å². The summed E-state index contributed by atoms with van der Waals surface area (Å²) in [5.74, 6) is 0.460. The lowest BCUT2D eigenvalue weighted by Gasteiger charge is -2.20. The number of carbonyl (C=O) groups excluding carboxylic acids is 1. The molecule has 0 saturated heterocycles. The van der Waals surface area contributed by atoms with Crippen molar-refractivity contribution in [3.8, 4) is 11.5 Å². The van der Waals surface area contributed by atoms with E-state index in [2.05, 4.69) is 16.3 Å². The van der Waals surface area contributed by atoms with Crippen molar-refractivity contribution < 1.29 is 9.21 Å². The first kappa shape index (κ1) is 17.1. The predicted molar refractivity (Wildman–Crippen MR) is 103 cm³/mol.